The van der Waals surface area contributed by atoms with Crippen molar-refractivity contribution in [2.45, 2.75) is 43.7 Å². The number of rotatable bonds is 4. The SMILES string of the molecule is CCc1ncc(S(=O)(=O)N2CC3CCCC3C2C(=O)O)[nH]1. The molecule has 2 N–H and O–H groups in total. The summed E-state index contributed by atoms with van der Waals surface area (Å²) >= 11 is 0. The summed E-state index contributed by atoms with van der Waals surface area (Å²) in [5.74, 6) is -0.372. The maximum atomic E-state index is 12.7. The average Bonchev–Trinajstić information content (AvgIpc) is 3.12. The lowest BCUT2D eigenvalue weighted by Gasteiger charge is -2.22. The van der Waals surface area contributed by atoms with Gasteiger partial charge in [0.05, 0.1) is 6.20 Å². The van der Waals surface area contributed by atoms with Crippen molar-refractivity contribution in [1.29, 1.82) is 0 Å². The normalized spacial score (nSPS) is 29.7. The predicted octanol–water partition coefficient (Wildman–Crippen LogP) is 0.846. The monoisotopic (exact) mass is 313 g/mol. The maximum Gasteiger partial charge on any atom is 0.322 e. The molecule has 1 aliphatic heterocycles. The predicted molar refractivity (Wildman–Crippen MR) is 74.1 cm³/mol. The van der Waals surface area contributed by atoms with Crippen LogP contribution in [0.3, 0.4) is 0 Å². The highest BCUT2D eigenvalue weighted by molar-refractivity contribution is 7.89. The van der Waals surface area contributed by atoms with Gasteiger partial charge in [-0.1, -0.05) is 13.3 Å². The Morgan fingerprint density at radius 2 is 2.29 bits per heavy atom. The molecule has 1 aromatic heterocycles. The van der Waals surface area contributed by atoms with Crippen LogP contribution in [0.4, 0.5) is 0 Å². The van der Waals surface area contributed by atoms with E-state index in [0.717, 1.165) is 23.6 Å². The van der Waals surface area contributed by atoms with E-state index in [-0.39, 0.29) is 16.9 Å². The maximum absolute atomic E-state index is 12.7. The number of sulfonamides is 1. The number of hydrogen-bond donors (Lipinski definition) is 2. The number of carboxylic acid groups (broad SMARTS) is 1. The highest BCUT2D eigenvalue weighted by atomic mass is 32.2. The molecule has 2 aliphatic rings. The number of carbonyl (C=O) groups is 1. The molecule has 2 fully saturated rings. The van der Waals surface area contributed by atoms with Crippen molar-refractivity contribution in [3.63, 3.8) is 0 Å². The summed E-state index contributed by atoms with van der Waals surface area (Å²) in [6, 6.07) is -0.948. The smallest absolute Gasteiger partial charge is 0.322 e. The molecule has 116 valence electrons. The number of carboxylic acids is 1. The number of hydrogen-bond acceptors (Lipinski definition) is 4. The highest BCUT2D eigenvalue weighted by Crippen LogP contribution is 2.44. The molecule has 1 aliphatic carbocycles. The molecule has 1 saturated heterocycles. The van der Waals surface area contributed by atoms with Gasteiger partial charge in [0.2, 0.25) is 0 Å². The average molecular weight is 313 g/mol. The number of imidazole rings is 1. The summed E-state index contributed by atoms with van der Waals surface area (Å²) in [5, 5.41) is 9.45. The van der Waals surface area contributed by atoms with Crippen molar-refractivity contribution in [2.24, 2.45) is 11.8 Å². The van der Waals surface area contributed by atoms with Crippen molar-refractivity contribution in [1.82, 2.24) is 14.3 Å². The molecule has 0 amide bonds. The quantitative estimate of drug-likeness (QED) is 0.857. The van der Waals surface area contributed by atoms with Crippen LogP contribution >= 0.6 is 0 Å². The zero-order chi connectivity index (χ0) is 15.2. The summed E-state index contributed by atoms with van der Waals surface area (Å²) in [6.07, 6.45) is 4.56. The number of nitrogens with zero attached hydrogens (tertiary/aromatic N) is 2. The fourth-order valence-corrected chi connectivity index (χ4v) is 5.22. The largest absolute Gasteiger partial charge is 0.480 e. The van der Waals surface area contributed by atoms with Crippen molar-refractivity contribution in [3.05, 3.63) is 12.0 Å². The van der Waals surface area contributed by atoms with Crippen molar-refractivity contribution in [3.8, 4) is 0 Å². The standard InChI is InChI=1S/C13H19N3O4S/c1-2-10-14-6-11(15-10)21(19,20)16-7-8-4-3-5-9(8)12(16)13(17)18/h6,8-9,12H,2-5,7H2,1H3,(H,14,15)(H,17,18). The number of aromatic amines is 1. The Hall–Kier alpha value is -1.41. The molecule has 0 radical (unpaired) electrons. The molecule has 0 aromatic carbocycles. The van der Waals surface area contributed by atoms with Crippen LogP contribution in [0.5, 0.6) is 0 Å². The zero-order valence-corrected chi connectivity index (χ0v) is 12.6. The molecule has 8 heteroatoms. The van der Waals surface area contributed by atoms with Crippen LogP contribution in [-0.2, 0) is 21.2 Å². The molecular weight excluding hydrogens is 294 g/mol. The van der Waals surface area contributed by atoms with E-state index in [1.165, 1.54) is 6.20 Å². The first kappa shape index (κ1) is 14.5. The molecule has 21 heavy (non-hydrogen) atoms. The lowest BCUT2D eigenvalue weighted by Crippen LogP contribution is -2.43. The fraction of sp³-hybridized carbons (Fsp3) is 0.692. The summed E-state index contributed by atoms with van der Waals surface area (Å²) in [5.41, 5.74) is 0. The van der Waals surface area contributed by atoms with Gasteiger partial charge < -0.3 is 10.1 Å². The van der Waals surface area contributed by atoms with Gasteiger partial charge in [-0.2, -0.15) is 4.31 Å². The van der Waals surface area contributed by atoms with E-state index >= 15 is 0 Å². The minimum absolute atomic E-state index is 0.00873. The van der Waals surface area contributed by atoms with Crippen LogP contribution in [0.2, 0.25) is 0 Å². The first-order chi connectivity index (χ1) is 9.95. The van der Waals surface area contributed by atoms with Crippen molar-refractivity contribution < 1.29 is 18.3 Å². The van der Waals surface area contributed by atoms with Gasteiger partial charge >= 0.3 is 5.97 Å². The Labute approximate surface area is 123 Å². The number of nitrogens with one attached hydrogen (secondary N) is 1. The molecule has 0 spiro atoms. The zero-order valence-electron chi connectivity index (χ0n) is 11.8. The summed E-state index contributed by atoms with van der Waals surface area (Å²) in [7, 11) is -3.83. The lowest BCUT2D eigenvalue weighted by molar-refractivity contribution is -0.142. The molecule has 2 heterocycles. The van der Waals surface area contributed by atoms with E-state index in [0.29, 0.717) is 18.8 Å². The number of aromatic nitrogens is 2. The van der Waals surface area contributed by atoms with Crippen molar-refractivity contribution >= 4 is 16.0 Å². The summed E-state index contributed by atoms with van der Waals surface area (Å²) in [6.45, 7) is 2.17. The topological polar surface area (TPSA) is 103 Å². The Kier molecular flexibility index (Phi) is 3.53. The van der Waals surface area contributed by atoms with Gasteiger partial charge in [-0.05, 0) is 24.7 Å². The van der Waals surface area contributed by atoms with E-state index in [4.69, 9.17) is 0 Å². The van der Waals surface area contributed by atoms with Crippen LogP contribution in [0, 0.1) is 11.8 Å². The van der Waals surface area contributed by atoms with Crippen LogP contribution in [0.15, 0.2) is 11.2 Å². The molecule has 0 bridgehead atoms. The van der Waals surface area contributed by atoms with Gasteiger partial charge in [-0.15, -0.1) is 0 Å². The van der Waals surface area contributed by atoms with Gasteiger partial charge in [0.1, 0.15) is 11.9 Å². The molecule has 1 aromatic rings. The Morgan fingerprint density at radius 1 is 1.52 bits per heavy atom. The van der Waals surface area contributed by atoms with Gasteiger partial charge in [-0.3, -0.25) is 4.79 Å². The summed E-state index contributed by atoms with van der Waals surface area (Å²) in [4.78, 5) is 18.3. The molecule has 1 saturated carbocycles. The Bertz CT molecular complexity index is 654. The van der Waals surface area contributed by atoms with Crippen LogP contribution in [0.1, 0.15) is 32.0 Å². The van der Waals surface area contributed by atoms with Crippen LogP contribution in [-0.4, -0.2) is 46.4 Å². The number of H-pyrrole nitrogens is 1. The van der Waals surface area contributed by atoms with Crippen molar-refractivity contribution in [2.75, 3.05) is 6.54 Å². The van der Waals surface area contributed by atoms with E-state index < -0.39 is 22.0 Å². The number of aliphatic carboxylic acids is 1. The number of aryl methyl sites for hydroxylation is 1. The first-order valence-electron chi connectivity index (χ1n) is 7.23. The summed E-state index contributed by atoms with van der Waals surface area (Å²) < 4.78 is 26.6. The minimum Gasteiger partial charge on any atom is -0.480 e. The second-order valence-corrected chi connectivity index (χ2v) is 7.62. The van der Waals surface area contributed by atoms with Crippen LogP contribution in [0.25, 0.3) is 0 Å². The second-order valence-electron chi connectivity index (χ2n) is 5.76. The minimum atomic E-state index is -3.83. The lowest BCUT2D eigenvalue weighted by atomic mass is 9.94. The fourth-order valence-electron chi connectivity index (χ4n) is 3.60. The highest BCUT2D eigenvalue weighted by Gasteiger charge is 2.52. The second kappa shape index (κ2) is 5.10. The molecular formula is C13H19N3O4S. The molecule has 3 atom stereocenters. The van der Waals surface area contributed by atoms with E-state index in [1.54, 1.807) is 0 Å². The number of fused-ring (bicyclic) bond motifs is 1. The first-order valence-corrected chi connectivity index (χ1v) is 8.67. The molecule has 3 rings (SSSR count). The third-order valence-corrected chi connectivity index (χ3v) is 6.38. The third kappa shape index (κ3) is 2.26. The van der Waals surface area contributed by atoms with E-state index in [2.05, 4.69) is 9.97 Å². The van der Waals surface area contributed by atoms with Gasteiger partial charge in [0.25, 0.3) is 10.0 Å². The van der Waals surface area contributed by atoms with E-state index in [1.807, 2.05) is 6.92 Å². The molecule has 3 unspecified atom stereocenters. The van der Waals surface area contributed by atoms with E-state index in [9.17, 15) is 18.3 Å². The van der Waals surface area contributed by atoms with Gasteiger partial charge in [0, 0.05) is 13.0 Å². The molecule has 7 nitrogen and oxygen atoms in total. The van der Waals surface area contributed by atoms with Gasteiger partial charge in [0.15, 0.2) is 5.03 Å². The Morgan fingerprint density at radius 3 is 2.90 bits per heavy atom. The van der Waals surface area contributed by atoms with Gasteiger partial charge in [-0.25, -0.2) is 13.4 Å². The Balaban J connectivity index is 1.96. The third-order valence-electron chi connectivity index (χ3n) is 4.63. The van der Waals surface area contributed by atoms with Crippen LogP contribution < -0.4 is 0 Å².